The topological polar surface area (TPSA) is 61.8 Å². The molecule has 0 bridgehead atoms. The first-order valence-electron chi connectivity index (χ1n) is 7.63. The number of aliphatic hydroxyl groups is 1. The van der Waals surface area contributed by atoms with Crippen LogP contribution in [-0.2, 0) is 4.79 Å². The molecule has 0 aliphatic carbocycles. The number of anilines is 1. The van der Waals surface area contributed by atoms with Gasteiger partial charge in [0.25, 0.3) is 5.91 Å². The maximum atomic E-state index is 11.8. The predicted molar refractivity (Wildman–Crippen MR) is 82.7 cm³/mol. The zero-order valence-corrected chi connectivity index (χ0v) is 12.8. The summed E-state index contributed by atoms with van der Waals surface area (Å²) in [5.41, 5.74) is 1.58. The standard InChI is InChI=1S/C16H24N2O3/c1-3-8-17-9-7-14(19)12-5-6-15-13(10-12)18(4-2)16(20)11-21-15/h5-6,10,14,17,19H,3-4,7-9,11H2,1-2H3. The van der Waals surface area contributed by atoms with E-state index in [1.807, 2.05) is 25.1 Å². The fraction of sp³-hybridized carbons (Fsp3) is 0.562. The predicted octanol–water partition coefficient (Wildman–Crippen LogP) is 1.85. The van der Waals surface area contributed by atoms with Crippen molar-refractivity contribution in [2.24, 2.45) is 0 Å². The average molecular weight is 292 g/mol. The summed E-state index contributed by atoms with van der Waals surface area (Å²) in [6.45, 7) is 6.48. The van der Waals surface area contributed by atoms with Crippen LogP contribution in [0, 0.1) is 0 Å². The molecule has 0 spiro atoms. The molecule has 1 aromatic rings. The molecule has 5 heteroatoms. The third-order valence-corrected chi connectivity index (χ3v) is 3.65. The van der Waals surface area contributed by atoms with Gasteiger partial charge >= 0.3 is 0 Å². The fourth-order valence-electron chi connectivity index (χ4n) is 2.48. The van der Waals surface area contributed by atoms with Crippen LogP contribution in [0.15, 0.2) is 18.2 Å². The number of rotatable bonds is 7. The molecule has 1 aromatic carbocycles. The minimum atomic E-state index is -0.532. The zero-order chi connectivity index (χ0) is 15.2. The first-order chi connectivity index (χ1) is 10.2. The van der Waals surface area contributed by atoms with Gasteiger partial charge in [-0.05, 0) is 50.6 Å². The minimum absolute atomic E-state index is 0.0405. The molecule has 116 valence electrons. The van der Waals surface area contributed by atoms with Gasteiger partial charge in [-0.2, -0.15) is 0 Å². The van der Waals surface area contributed by atoms with Gasteiger partial charge in [-0.25, -0.2) is 0 Å². The average Bonchev–Trinajstić information content (AvgIpc) is 2.50. The van der Waals surface area contributed by atoms with E-state index in [4.69, 9.17) is 4.74 Å². The van der Waals surface area contributed by atoms with E-state index in [2.05, 4.69) is 12.2 Å². The molecule has 0 saturated heterocycles. The molecule has 1 unspecified atom stereocenters. The number of hydrogen-bond acceptors (Lipinski definition) is 4. The number of nitrogens with zero attached hydrogens (tertiary/aromatic N) is 1. The Bertz CT molecular complexity index is 490. The molecule has 0 aromatic heterocycles. The Balaban J connectivity index is 2.08. The summed E-state index contributed by atoms with van der Waals surface area (Å²) >= 11 is 0. The lowest BCUT2D eigenvalue weighted by Crippen LogP contribution is -2.38. The molecule has 2 rings (SSSR count). The van der Waals surface area contributed by atoms with Crippen LogP contribution in [0.25, 0.3) is 0 Å². The van der Waals surface area contributed by atoms with E-state index in [1.165, 1.54) is 0 Å². The molecule has 0 fully saturated rings. The van der Waals surface area contributed by atoms with Gasteiger partial charge in [-0.1, -0.05) is 13.0 Å². The molecule has 2 N–H and O–H groups in total. The van der Waals surface area contributed by atoms with Gasteiger partial charge < -0.3 is 20.1 Å². The second-order valence-electron chi connectivity index (χ2n) is 5.21. The number of benzene rings is 1. The van der Waals surface area contributed by atoms with Crippen LogP contribution in [0.4, 0.5) is 5.69 Å². The number of ether oxygens (including phenoxy) is 1. The van der Waals surface area contributed by atoms with Crippen LogP contribution < -0.4 is 15.0 Å². The normalized spacial score (nSPS) is 15.6. The molecular weight excluding hydrogens is 268 g/mol. The van der Waals surface area contributed by atoms with Crippen molar-refractivity contribution in [2.75, 3.05) is 31.1 Å². The second kappa shape index (κ2) is 7.43. The van der Waals surface area contributed by atoms with E-state index < -0.39 is 6.10 Å². The molecular formula is C16H24N2O3. The van der Waals surface area contributed by atoms with Crippen molar-refractivity contribution in [1.29, 1.82) is 0 Å². The van der Waals surface area contributed by atoms with Gasteiger partial charge in [-0.3, -0.25) is 4.79 Å². The molecule has 1 aliphatic rings. The lowest BCUT2D eigenvalue weighted by molar-refractivity contribution is -0.121. The van der Waals surface area contributed by atoms with Crippen molar-refractivity contribution in [3.63, 3.8) is 0 Å². The highest BCUT2D eigenvalue weighted by Gasteiger charge is 2.25. The smallest absolute Gasteiger partial charge is 0.265 e. The molecule has 21 heavy (non-hydrogen) atoms. The van der Waals surface area contributed by atoms with E-state index in [0.717, 1.165) is 30.8 Å². The minimum Gasteiger partial charge on any atom is -0.482 e. The quantitative estimate of drug-likeness (QED) is 0.753. The van der Waals surface area contributed by atoms with Crippen LogP contribution in [-0.4, -0.2) is 37.3 Å². The van der Waals surface area contributed by atoms with Crippen molar-refractivity contribution in [1.82, 2.24) is 5.32 Å². The van der Waals surface area contributed by atoms with Gasteiger partial charge in [0.15, 0.2) is 6.61 Å². The highest BCUT2D eigenvalue weighted by Crippen LogP contribution is 2.34. The number of likely N-dealkylation sites (N-methyl/N-ethyl adjacent to an activating group) is 1. The van der Waals surface area contributed by atoms with E-state index in [-0.39, 0.29) is 12.5 Å². The largest absolute Gasteiger partial charge is 0.482 e. The van der Waals surface area contributed by atoms with E-state index in [9.17, 15) is 9.90 Å². The number of aliphatic hydroxyl groups excluding tert-OH is 1. The number of carbonyl (C=O) groups is 1. The van der Waals surface area contributed by atoms with Gasteiger partial charge in [0, 0.05) is 6.54 Å². The Morgan fingerprint density at radius 3 is 2.90 bits per heavy atom. The summed E-state index contributed by atoms with van der Waals surface area (Å²) < 4.78 is 5.43. The van der Waals surface area contributed by atoms with Crippen molar-refractivity contribution in [3.8, 4) is 5.75 Å². The lowest BCUT2D eigenvalue weighted by atomic mass is 10.0. The number of nitrogens with one attached hydrogen (secondary N) is 1. The summed E-state index contributed by atoms with van der Waals surface area (Å²) in [6, 6.07) is 5.57. The maximum absolute atomic E-state index is 11.8. The lowest BCUT2D eigenvalue weighted by Gasteiger charge is -2.29. The fourth-order valence-corrected chi connectivity index (χ4v) is 2.48. The summed E-state index contributed by atoms with van der Waals surface area (Å²) in [4.78, 5) is 13.5. The maximum Gasteiger partial charge on any atom is 0.265 e. The second-order valence-corrected chi connectivity index (χ2v) is 5.21. The Morgan fingerprint density at radius 2 is 2.19 bits per heavy atom. The van der Waals surface area contributed by atoms with E-state index in [0.29, 0.717) is 18.7 Å². The molecule has 5 nitrogen and oxygen atoms in total. The number of fused-ring (bicyclic) bond motifs is 1. The first kappa shape index (κ1) is 15.8. The third-order valence-electron chi connectivity index (χ3n) is 3.65. The molecule has 1 amide bonds. The Kier molecular flexibility index (Phi) is 5.59. The Labute approximate surface area is 125 Å². The molecule has 0 radical (unpaired) electrons. The first-order valence-corrected chi connectivity index (χ1v) is 7.63. The van der Waals surface area contributed by atoms with Gasteiger partial charge in [0.05, 0.1) is 11.8 Å². The summed E-state index contributed by atoms with van der Waals surface area (Å²) in [5, 5.41) is 13.5. The Morgan fingerprint density at radius 1 is 1.38 bits per heavy atom. The van der Waals surface area contributed by atoms with Crippen molar-refractivity contribution < 1.29 is 14.6 Å². The summed E-state index contributed by atoms with van der Waals surface area (Å²) in [6.07, 6.45) is 1.20. The number of carbonyl (C=O) groups excluding carboxylic acids is 1. The monoisotopic (exact) mass is 292 g/mol. The van der Waals surface area contributed by atoms with Crippen molar-refractivity contribution >= 4 is 11.6 Å². The summed E-state index contributed by atoms with van der Waals surface area (Å²) in [7, 11) is 0. The van der Waals surface area contributed by atoms with Crippen LogP contribution in [0.3, 0.4) is 0 Å². The number of amides is 1. The molecule has 1 atom stereocenters. The van der Waals surface area contributed by atoms with Gasteiger partial charge in [-0.15, -0.1) is 0 Å². The van der Waals surface area contributed by atoms with Crippen molar-refractivity contribution in [2.45, 2.75) is 32.8 Å². The van der Waals surface area contributed by atoms with E-state index in [1.54, 1.807) is 4.90 Å². The SMILES string of the molecule is CCCNCCC(O)c1ccc2c(c1)N(CC)C(=O)CO2. The van der Waals surface area contributed by atoms with Crippen LogP contribution in [0.2, 0.25) is 0 Å². The zero-order valence-electron chi connectivity index (χ0n) is 12.8. The van der Waals surface area contributed by atoms with Gasteiger partial charge in [0.2, 0.25) is 0 Å². The summed E-state index contributed by atoms with van der Waals surface area (Å²) in [5.74, 6) is 0.665. The van der Waals surface area contributed by atoms with Crippen LogP contribution in [0.1, 0.15) is 38.4 Å². The van der Waals surface area contributed by atoms with Crippen molar-refractivity contribution in [3.05, 3.63) is 23.8 Å². The highest BCUT2D eigenvalue weighted by molar-refractivity contribution is 5.97. The third kappa shape index (κ3) is 3.74. The highest BCUT2D eigenvalue weighted by atomic mass is 16.5. The molecule has 0 saturated carbocycles. The van der Waals surface area contributed by atoms with E-state index >= 15 is 0 Å². The molecule has 1 aliphatic heterocycles. The number of hydrogen-bond donors (Lipinski definition) is 2. The van der Waals surface area contributed by atoms with Crippen LogP contribution in [0.5, 0.6) is 5.75 Å². The Hall–Kier alpha value is -1.59. The molecule has 1 heterocycles. The van der Waals surface area contributed by atoms with Gasteiger partial charge in [0.1, 0.15) is 5.75 Å². The van der Waals surface area contributed by atoms with Crippen LogP contribution >= 0.6 is 0 Å².